The van der Waals surface area contributed by atoms with Gasteiger partial charge in [0.2, 0.25) is 0 Å². The van der Waals surface area contributed by atoms with Gasteiger partial charge in [0, 0.05) is 21.7 Å². The first-order chi connectivity index (χ1) is 15.0. The number of para-hydroxylation sites is 3. The summed E-state index contributed by atoms with van der Waals surface area (Å²) in [5, 5.41) is 25.9. The molecule has 3 rings (SSSR count). The third kappa shape index (κ3) is 14.7. The molecule has 4 N–H and O–H groups in total. The summed E-state index contributed by atoms with van der Waals surface area (Å²) < 4.78 is 0. The van der Waals surface area contributed by atoms with E-state index in [0.29, 0.717) is 33.9 Å². The van der Waals surface area contributed by atoms with Crippen molar-refractivity contribution in [2.24, 2.45) is 0 Å². The fourth-order valence-electron chi connectivity index (χ4n) is 3.28. The summed E-state index contributed by atoms with van der Waals surface area (Å²) in [4.78, 5) is 10.4. The summed E-state index contributed by atoms with van der Waals surface area (Å²) in [7, 11) is -1.98. The van der Waals surface area contributed by atoms with Gasteiger partial charge in [0.25, 0.3) is 0 Å². The van der Waals surface area contributed by atoms with Crippen LogP contribution in [0.1, 0.15) is 41.5 Å². The molecule has 0 bridgehead atoms. The Morgan fingerprint density at radius 3 is 0.697 bits per heavy atom. The first-order valence-electron chi connectivity index (χ1n) is 11.0. The van der Waals surface area contributed by atoms with Gasteiger partial charge in [-0.2, -0.15) is 0 Å². The topological polar surface area (TPSA) is 80.9 Å². The Morgan fingerprint density at radius 1 is 0.455 bits per heavy atom. The van der Waals surface area contributed by atoms with Crippen molar-refractivity contribution in [1.29, 1.82) is 0 Å². The molecule has 0 amide bonds. The first-order valence-corrected chi connectivity index (χ1v) is 13.1. The Morgan fingerprint density at radius 2 is 0.636 bits per heavy atom. The summed E-state index contributed by atoms with van der Waals surface area (Å²) in [6.07, 6.45) is 0. The van der Waals surface area contributed by atoms with Crippen LogP contribution >= 0.6 is 0 Å². The van der Waals surface area contributed by atoms with Crippen LogP contribution in [0.3, 0.4) is 0 Å². The van der Waals surface area contributed by atoms with Crippen LogP contribution in [0.4, 0.5) is 0 Å². The number of phenolic OH excluding ortho intramolecular Hbond substituents is 3. The Bertz CT molecular complexity index is 702. The van der Waals surface area contributed by atoms with Gasteiger partial charge in [-0.15, -0.1) is 0 Å². The molecule has 3 aromatic rings. The average Bonchev–Trinajstić information content (AvgIpc) is 2.75. The molecule has 0 spiro atoms. The third-order valence-electron chi connectivity index (χ3n) is 5.04. The van der Waals surface area contributed by atoms with Crippen LogP contribution in [0.25, 0.3) is 0 Å². The monoisotopic (exact) mass is 504 g/mol. The molecule has 0 aromatic heterocycles. The molecule has 0 aliphatic carbocycles. The van der Waals surface area contributed by atoms with Crippen LogP contribution in [0.15, 0.2) is 91.0 Å². The Labute approximate surface area is 216 Å². The molecule has 0 heterocycles. The van der Waals surface area contributed by atoms with E-state index in [2.05, 4.69) is 41.5 Å². The molecule has 0 aliphatic heterocycles. The number of rotatable bonds is 3. The van der Waals surface area contributed by atoms with Crippen molar-refractivity contribution in [2.75, 3.05) is 0 Å². The van der Waals surface area contributed by atoms with Crippen molar-refractivity contribution in [3.63, 3.8) is 0 Å². The zero-order valence-electron chi connectivity index (χ0n) is 20.7. The number of hydrogen-bond donors (Lipinski definition) is 4. The SMILES string of the molecule is CC(C)[Si](O)(C(C)C)C(C)C.Oc1ccccc1.Oc1ccccc1.Oc1ccccc1.[Ti]. The number of hydrogen-bond acceptors (Lipinski definition) is 4. The van der Waals surface area contributed by atoms with Crippen LogP contribution in [0.2, 0.25) is 16.6 Å². The second kappa shape index (κ2) is 18.4. The summed E-state index contributed by atoms with van der Waals surface area (Å²) in [6, 6.07) is 26.1. The Balaban J connectivity index is 0. The summed E-state index contributed by atoms with van der Waals surface area (Å²) in [5.74, 6) is 0.965. The van der Waals surface area contributed by atoms with Crippen LogP contribution in [-0.2, 0) is 21.7 Å². The molecular weight excluding hydrogens is 464 g/mol. The van der Waals surface area contributed by atoms with E-state index in [4.69, 9.17) is 15.3 Å². The first kappa shape index (κ1) is 33.1. The predicted molar refractivity (Wildman–Crippen MR) is 138 cm³/mol. The molecule has 6 heteroatoms. The maximum absolute atomic E-state index is 10.4. The van der Waals surface area contributed by atoms with Gasteiger partial charge in [0.05, 0.1) is 0 Å². The minimum Gasteiger partial charge on any atom is -0.508 e. The smallest absolute Gasteiger partial charge is 0.196 e. The Kier molecular flexibility index (Phi) is 18.5. The third-order valence-corrected chi connectivity index (χ3v) is 10.6. The molecular formula is C27H40O4SiTi. The van der Waals surface area contributed by atoms with Gasteiger partial charge in [0.15, 0.2) is 8.32 Å². The van der Waals surface area contributed by atoms with E-state index >= 15 is 0 Å². The Hall–Kier alpha value is -2.05. The van der Waals surface area contributed by atoms with Crippen molar-refractivity contribution < 1.29 is 41.8 Å². The van der Waals surface area contributed by atoms with E-state index in [9.17, 15) is 4.80 Å². The second-order valence-corrected chi connectivity index (χ2v) is 13.6. The largest absolute Gasteiger partial charge is 0.508 e. The van der Waals surface area contributed by atoms with Crippen LogP contribution < -0.4 is 0 Å². The number of phenols is 3. The van der Waals surface area contributed by atoms with Crippen molar-refractivity contribution >= 4 is 8.32 Å². The summed E-state index contributed by atoms with van der Waals surface area (Å²) in [5.41, 5.74) is 1.42. The minimum atomic E-state index is -1.98. The maximum Gasteiger partial charge on any atom is 0.196 e. The van der Waals surface area contributed by atoms with Crippen LogP contribution in [-0.4, -0.2) is 28.4 Å². The van der Waals surface area contributed by atoms with Crippen molar-refractivity contribution in [2.45, 2.75) is 58.2 Å². The second-order valence-electron chi connectivity index (χ2n) is 8.36. The standard InChI is InChI=1S/C9H22OSi.3C6H6O.Ti/c1-7(2)11(10,8(3)4)9(5)6;3*7-6-4-2-1-3-5-6;/h7-10H,1-6H3;3*1-5,7H;. The van der Waals surface area contributed by atoms with Gasteiger partial charge < -0.3 is 20.1 Å². The summed E-state index contributed by atoms with van der Waals surface area (Å²) in [6.45, 7) is 12.9. The van der Waals surface area contributed by atoms with Crippen molar-refractivity contribution in [3.8, 4) is 17.2 Å². The zero-order chi connectivity index (χ0) is 24.6. The molecule has 0 saturated carbocycles. The van der Waals surface area contributed by atoms with E-state index < -0.39 is 8.32 Å². The molecule has 0 atom stereocenters. The van der Waals surface area contributed by atoms with Crippen LogP contribution in [0, 0.1) is 0 Å². The van der Waals surface area contributed by atoms with Gasteiger partial charge in [-0.1, -0.05) is 96.1 Å². The van der Waals surface area contributed by atoms with E-state index in [1.165, 1.54) is 0 Å². The fourth-order valence-corrected chi connectivity index (χ4v) is 7.28. The zero-order valence-corrected chi connectivity index (χ0v) is 23.2. The van der Waals surface area contributed by atoms with Gasteiger partial charge in [-0.05, 0) is 53.0 Å². The molecule has 4 nitrogen and oxygen atoms in total. The van der Waals surface area contributed by atoms with Crippen LogP contribution in [0.5, 0.6) is 17.2 Å². The van der Waals surface area contributed by atoms with E-state index in [0.717, 1.165) is 0 Å². The van der Waals surface area contributed by atoms with Gasteiger partial charge in [-0.25, -0.2) is 0 Å². The average molecular weight is 505 g/mol. The molecule has 0 aliphatic rings. The van der Waals surface area contributed by atoms with Crippen molar-refractivity contribution in [1.82, 2.24) is 0 Å². The van der Waals surface area contributed by atoms with E-state index in [-0.39, 0.29) is 21.7 Å². The number of aromatic hydroxyl groups is 3. The van der Waals surface area contributed by atoms with Gasteiger partial charge in [-0.3, -0.25) is 0 Å². The van der Waals surface area contributed by atoms with Gasteiger partial charge in [0.1, 0.15) is 17.2 Å². The maximum atomic E-state index is 10.4. The predicted octanol–water partition coefficient (Wildman–Crippen LogP) is 7.33. The van der Waals surface area contributed by atoms with Gasteiger partial charge >= 0.3 is 0 Å². The van der Waals surface area contributed by atoms with E-state index in [1.54, 1.807) is 72.8 Å². The fraction of sp³-hybridized carbons (Fsp3) is 0.333. The molecule has 33 heavy (non-hydrogen) atoms. The number of benzene rings is 3. The molecule has 0 radical (unpaired) electrons. The van der Waals surface area contributed by atoms with Crippen molar-refractivity contribution in [3.05, 3.63) is 91.0 Å². The van der Waals surface area contributed by atoms with E-state index in [1.807, 2.05) is 18.2 Å². The quantitative estimate of drug-likeness (QED) is 0.282. The molecule has 180 valence electrons. The molecule has 0 saturated heterocycles. The minimum absolute atomic E-state index is 0. The summed E-state index contributed by atoms with van der Waals surface area (Å²) >= 11 is 0. The molecule has 3 aromatic carbocycles. The molecule has 0 fully saturated rings. The molecule has 0 unspecified atom stereocenters. The normalized spacial score (nSPS) is 10.0.